The lowest BCUT2D eigenvalue weighted by molar-refractivity contribution is -0.138. The Bertz CT molecular complexity index is 98.6. The number of rotatable bonds is 4. The van der Waals surface area contributed by atoms with Crippen LogP contribution in [0, 0.1) is 0 Å². The molecule has 0 aliphatic heterocycles. The molecule has 0 heterocycles. The number of nitrogens with one attached hydrogen (secondary N) is 1. The highest BCUT2D eigenvalue weighted by molar-refractivity contribution is 7.34. The van der Waals surface area contributed by atoms with E-state index in [-0.39, 0.29) is 6.54 Å². The highest BCUT2D eigenvalue weighted by atomic mass is 31.1. The van der Waals surface area contributed by atoms with Crippen LogP contribution < -0.4 is 10.8 Å². The molecular formula is C4H11N2O2P. The van der Waals surface area contributed by atoms with Gasteiger partial charge in [0.1, 0.15) is 6.04 Å². The van der Waals surface area contributed by atoms with Crippen LogP contribution in [0.5, 0.6) is 0 Å². The third kappa shape index (κ3) is 3.40. The number of carboxylic acid groups (broad SMARTS) is 1. The minimum atomic E-state index is -0.883. The minimum absolute atomic E-state index is 0.149. The second kappa shape index (κ2) is 4.68. The molecular weight excluding hydrogens is 139 g/mol. The Kier molecular flexibility index (Phi) is 4.58. The number of carboxylic acids is 1. The lowest BCUT2D eigenvalue weighted by Gasteiger charge is -2.08. The van der Waals surface area contributed by atoms with Crippen LogP contribution in [0.15, 0.2) is 0 Å². The van der Waals surface area contributed by atoms with Crippen molar-refractivity contribution in [2.75, 3.05) is 13.2 Å². The van der Waals surface area contributed by atoms with Crippen molar-refractivity contribution in [2.24, 2.45) is 5.73 Å². The van der Waals surface area contributed by atoms with Crippen LogP contribution in [-0.4, -0.2) is 30.3 Å². The topological polar surface area (TPSA) is 75.3 Å². The van der Waals surface area contributed by atoms with Gasteiger partial charge in [-0.05, 0) is 6.66 Å². The van der Waals surface area contributed by atoms with Crippen molar-refractivity contribution in [3.63, 3.8) is 0 Å². The van der Waals surface area contributed by atoms with E-state index >= 15 is 0 Å². The summed E-state index contributed by atoms with van der Waals surface area (Å²) in [4.78, 5) is 10.2. The van der Waals surface area contributed by atoms with Crippen molar-refractivity contribution in [2.45, 2.75) is 6.04 Å². The van der Waals surface area contributed by atoms with Crippen molar-refractivity contribution in [3.8, 4) is 0 Å². The molecule has 4 nitrogen and oxygen atoms in total. The fourth-order valence-corrected chi connectivity index (χ4v) is 0.985. The second-order valence-corrected chi connectivity index (χ2v) is 2.31. The van der Waals surface area contributed by atoms with Crippen molar-refractivity contribution >= 4 is 14.7 Å². The Balaban J connectivity index is 3.54. The van der Waals surface area contributed by atoms with Crippen molar-refractivity contribution in [3.05, 3.63) is 0 Å². The molecule has 54 valence electrons. The van der Waals surface area contributed by atoms with E-state index in [0.717, 1.165) is 0 Å². The van der Waals surface area contributed by atoms with Gasteiger partial charge in [0.15, 0.2) is 0 Å². The molecule has 0 radical (unpaired) electrons. The molecule has 4 N–H and O–H groups in total. The molecule has 0 spiro atoms. The molecule has 0 rings (SSSR count). The molecule has 5 heteroatoms. The fourth-order valence-electron chi connectivity index (χ4n) is 0.396. The van der Waals surface area contributed by atoms with Gasteiger partial charge < -0.3 is 10.8 Å². The number of hydrogen-bond donors (Lipinski definition) is 3. The molecule has 0 aromatic rings. The normalized spacial score (nSPS) is 14.4. The molecule has 0 aromatic heterocycles. The van der Waals surface area contributed by atoms with Gasteiger partial charge in [-0.25, -0.2) is 0 Å². The summed E-state index contributed by atoms with van der Waals surface area (Å²) in [5.41, 5.74) is 5.12. The van der Waals surface area contributed by atoms with Crippen molar-refractivity contribution in [1.29, 1.82) is 0 Å². The van der Waals surface area contributed by atoms with E-state index in [4.69, 9.17) is 10.8 Å². The van der Waals surface area contributed by atoms with Crippen LogP contribution in [0.1, 0.15) is 0 Å². The van der Waals surface area contributed by atoms with Gasteiger partial charge in [0.2, 0.25) is 0 Å². The summed E-state index contributed by atoms with van der Waals surface area (Å²) < 4.78 is 0. The Morgan fingerprint density at radius 2 is 2.56 bits per heavy atom. The zero-order valence-corrected chi connectivity index (χ0v) is 6.22. The highest BCUT2D eigenvalue weighted by Gasteiger charge is 2.11. The molecule has 0 fully saturated rings. The number of hydrogen-bond acceptors (Lipinski definition) is 3. The molecule has 2 atom stereocenters. The Morgan fingerprint density at radius 3 is 2.67 bits per heavy atom. The summed E-state index contributed by atoms with van der Waals surface area (Å²) in [7, 11) is 0.427. The van der Waals surface area contributed by atoms with Gasteiger partial charge in [-0.15, -0.1) is 0 Å². The predicted molar refractivity (Wildman–Crippen MR) is 37.9 cm³/mol. The van der Waals surface area contributed by atoms with E-state index in [2.05, 4.69) is 5.09 Å². The molecule has 0 bridgehead atoms. The van der Waals surface area contributed by atoms with E-state index < -0.39 is 12.0 Å². The zero-order chi connectivity index (χ0) is 7.28. The maximum absolute atomic E-state index is 10.2. The van der Waals surface area contributed by atoms with E-state index in [1.807, 2.05) is 6.66 Å². The van der Waals surface area contributed by atoms with Crippen LogP contribution in [0.25, 0.3) is 0 Å². The fraction of sp³-hybridized carbons (Fsp3) is 0.750. The van der Waals surface area contributed by atoms with Gasteiger partial charge in [-0.1, -0.05) is 8.73 Å². The quantitative estimate of drug-likeness (QED) is 0.459. The average molecular weight is 150 g/mol. The van der Waals surface area contributed by atoms with Gasteiger partial charge in [-0.3, -0.25) is 9.88 Å². The van der Waals surface area contributed by atoms with Gasteiger partial charge in [0.25, 0.3) is 0 Å². The zero-order valence-electron chi connectivity index (χ0n) is 5.22. The first-order chi connectivity index (χ1) is 4.22. The molecule has 9 heavy (non-hydrogen) atoms. The lowest BCUT2D eigenvalue weighted by Crippen LogP contribution is -2.38. The van der Waals surface area contributed by atoms with Gasteiger partial charge in [-0.2, -0.15) is 0 Å². The predicted octanol–water partition coefficient (Wildman–Crippen LogP) is -0.789. The third-order valence-corrected chi connectivity index (χ3v) is 1.49. The van der Waals surface area contributed by atoms with E-state index in [0.29, 0.717) is 8.73 Å². The summed E-state index contributed by atoms with van der Waals surface area (Å²) in [5, 5.41) is 11.1. The molecule has 2 unspecified atom stereocenters. The summed E-state index contributed by atoms with van der Waals surface area (Å²) in [6.45, 7) is 2.02. The van der Waals surface area contributed by atoms with Gasteiger partial charge >= 0.3 is 5.97 Å². The number of aliphatic carboxylic acids is 1. The summed E-state index contributed by atoms with van der Waals surface area (Å²) >= 11 is 0. The molecule has 0 amide bonds. The summed E-state index contributed by atoms with van der Waals surface area (Å²) in [6, 6.07) is -0.576. The minimum Gasteiger partial charge on any atom is -0.480 e. The largest absolute Gasteiger partial charge is 0.480 e. The van der Waals surface area contributed by atoms with Crippen LogP contribution in [-0.2, 0) is 4.79 Å². The Morgan fingerprint density at radius 1 is 2.00 bits per heavy atom. The van der Waals surface area contributed by atoms with E-state index in [1.165, 1.54) is 0 Å². The molecule has 0 aliphatic rings. The number of carbonyl (C=O) groups is 1. The third-order valence-electron chi connectivity index (χ3n) is 0.852. The first-order valence-corrected chi connectivity index (χ1v) is 4.07. The highest BCUT2D eigenvalue weighted by Crippen LogP contribution is 1.95. The van der Waals surface area contributed by atoms with Crippen LogP contribution >= 0.6 is 8.73 Å². The van der Waals surface area contributed by atoms with Gasteiger partial charge in [0, 0.05) is 6.54 Å². The number of nitrogens with two attached hydrogens (primary N) is 1. The second-order valence-electron chi connectivity index (χ2n) is 1.52. The summed E-state index contributed by atoms with van der Waals surface area (Å²) in [6.07, 6.45) is 0. The van der Waals surface area contributed by atoms with Crippen molar-refractivity contribution in [1.82, 2.24) is 5.09 Å². The maximum Gasteiger partial charge on any atom is 0.322 e. The standard InChI is InChI=1S/C4H11N2O2P/c1-9-6-3(2-5)4(7)8/h3,6,9H,2,5H2,1H3,(H,7,8). The molecule has 0 aromatic carbocycles. The lowest BCUT2D eigenvalue weighted by atomic mass is 10.3. The first kappa shape index (κ1) is 8.82. The van der Waals surface area contributed by atoms with E-state index in [1.54, 1.807) is 0 Å². The van der Waals surface area contributed by atoms with E-state index in [9.17, 15) is 4.79 Å². The molecule has 0 saturated carbocycles. The maximum atomic E-state index is 10.2. The average Bonchev–Trinajstić information content (AvgIpc) is 1.82. The van der Waals surface area contributed by atoms with Crippen LogP contribution in [0.4, 0.5) is 0 Å². The van der Waals surface area contributed by atoms with Crippen LogP contribution in [0.2, 0.25) is 0 Å². The first-order valence-electron chi connectivity index (χ1n) is 2.57. The monoisotopic (exact) mass is 150 g/mol. The van der Waals surface area contributed by atoms with Gasteiger partial charge in [0.05, 0.1) is 0 Å². The molecule has 0 aliphatic carbocycles. The Hall–Kier alpha value is -0.180. The molecule has 0 saturated heterocycles. The summed E-state index contributed by atoms with van der Waals surface area (Å²) in [5.74, 6) is -0.883. The SMILES string of the molecule is CPNC(CN)C(=O)O. The van der Waals surface area contributed by atoms with Crippen molar-refractivity contribution < 1.29 is 9.90 Å². The smallest absolute Gasteiger partial charge is 0.322 e. The Labute approximate surface area is 55.7 Å². The van der Waals surface area contributed by atoms with Crippen LogP contribution in [0.3, 0.4) is 0 Å².